The van der Waals surface area contributed by atoms with Gasteiger partial charge in [0.25, 0.3) is 0 Å². The number of aliphatic hydroxyl groups is 1. The van der Waals surface area contributed by atoms with Crippen LogP contribution in [0.4, 0.5) is 0 Å². The van der Waals surface area contributed by atoms with E-state index in [2.05, 4.69) is 88.4 Å². The maximum atomic E-state index is 10.6. The van der Waals surface area contributed by atoms with Crippen LogP contribution in [-0.2, 0) is 22.0 Å². The SMILES string of the molecule is CC(C)(c1ccc(CCC2CC2)cc1)c1ccc(OCC(O)COc2ccc(C(C)(C)c3ccc(OCC4CO4)cc3)cc2)cc1. The Morgan fingerprint density at radius 3 is 1.41 bits per heavy atom. The highest BCUT2D eigenvalue weighted by Gasteiger charge is 2.26. The van der Waals surface area contributed by atoms with Crippen LogP contribution in [0.2, 0.25) is 0 Å². The molecule has 46 heavy (non-hydrogen) atoms. The number of ether oxygens (including phenoxy) is 4. The van der Waals surface area contributed by atoms with Gasteiger partial charge in [-0.1, -0.05) is 101 Å². The van der Waals surface area contributed by atoms with E-state index in [4.69, 9.17) is 18.9 Å². The van der Waals surface area contributed by atoms with Crippen molar-refractivity contribution in [2.45, 2.75) is 76.4 Å². The number of aryl methyl sites for hydroxylation is 1. The van der Waals surface area contributed by atoms with Gasteiger partial charge in [-0.3, -0.25) is 0 Å². The van der Waals surface area contributed by atoms with Gasteiger partial charge in [-0.2, -0.15) is 0 Å². The number of hydrogen-bond acceptors (Lipinski definition) is 5. The Balaban J connectivity index is 0.952. The minimum absolute atomic E-state index is 0.115. The van der Waals surface area contributed by atoms with Crippen LogP contribution in [0.1, 0.15) is 74.8 Å². The Morgan fingerprint density at radius 1 is 0.630 bits per heavy atom. The second-order valence-electron chi connectivity index (χ2n) is 14.0. The van der Waals surface area contributed by atoms with E-state index in [-0.39, 0.29) is 30.1 Å². The summed E-state index contributed by atoms with van der Waals surface area (Å²) in [7, 11) is 0. The molecule has 1 N–H and O–H groups in total. The number of hydrogen-bond donors (Lipinski definition) is 1. The van der Waals surface area contributed by atoms with E-state index in [9.17, 15) is 5.11 Å². The molecule has 5 nitrogen and oxygen atoms in total. The van der Waals surface area contributed by atoms with Gasteiger partial charge in [0.15, 0.2) is 0 Å². The molecule has 0 spiro atoms. The number of aliphatic hydroxyl groups excluding tert-OH is 1. The van der Waals surface area contributed by atoms with Crippen LogP contribution < -0.4 is 14.2 Å². The zero-order valence-corrected chi connectivity index (χ0v) is 27.7. The molecule has 1 aliphatic heterocycles. The fourth-order valence-corrected chi connectivity index (χ4v) is 5.89. The van der Waals surface area contributed by atoms with E-state index in [0.717, 1.165) is 24.0 Å². The van der Waals surface area contributed by atoms with Crippen LogP contribution in [0.15, 0.2) is 97.1 Å². The van der Waals surface area contributed by atoms with Crippen LogP contribution in [-0.4, -0.2) is 43.7 Å². The van der Waals surface area contributed by atoms with Gasteiger partial charge in [-0.05, 0) is 83.0 Å². The van der Waals surface area contributed by atoms with Crippen LogP contribution in [0.3, 0.4) is 0 Å². The van der Waals surface area contributed by atoms with Gasteiger partial charge in [0.05, 0.1) is 6.61 Å². The van der Waals surface area contributed by atoms with E-state index in [1.54, 1.807) is 0 Å². The number of epoxide rings is 1. The quantitative estimate of drug-likeness (QED) is 0.128. The predicted octanol–water partition coefficient (Wildman–Crippen LogP) is 8.28. The third kappa shape index (κ3) is 8.31. The van der Waals surface area contributed by atoms with Crippen molar-refractivity contribution in [1.29, 1.82) is 0 Å². The van der Waals surface area contributed by atoms with Crippen LogP contribution in [0.25, 0.3) is 0 Å². The molecule has 2 atom stereocenters. The maximum Gasteiger partial charge on any atom is 0.122 e. The maximum absolute atomic E-state index is 10.6. The van der Waals surface area contributed by atoms with Gasteiger partial charge in [-0.15, -0.1) is 0 Å². The van der Waals surface area contributed by atoms with Gasteiger partial charge in [0.2, 0.25) is 0 Å². The van der Waals surface area contributed by atoms with Crippen molar-refractivity contribution in [3.63, 3.8) is 0 Å². The zero-order chi connectivity index (χ0) is 32.1. The first kappa shape index (κ1) is 32.2. The Morgan fingerprint density at radius 2 is 1.02 bits per heavy atom. The third-order valence-corrected chi connectivity index (χ3v) is 9.66. The Kier molecular flexibility index (Phi) is 9.72. The second kappa shape index (κ2) is 13.9. The van der Waals surface area contributed by atoms with Crippen molar-refractivity contribution < 1.29 is 24.1 Å². The fourth-order valence-electron chi connectivity index (χ4n) is 5.89. The van der Waals surface area contributed by atoms with Crippen molar-refractivity contribution >= 4 is 0 Å². The summed E-state index contributed by atoms with van der Waals surface area (Å²) in [5, 5.41) is 10.6. The topological polar surface area (TPSA) is 60.5 Å². The van der Waals surface area contributed by atoms with Crippen molar-refractivity contribution in [1.82, 2.24) is 0 Å². The number of benzene rings is 4. The summed E-state index contributed by atoms with van der Waals surface area (Å²) in [6.07, 6.45) is 4.82. The summed E-state index contributed by atoms with van der Waals surface area (Å²) in [5.41, 5.74) is 6.05. The molecule has 1 heterocycles. The van der Waals surface area contributed by atoms with Gasteiger partial charge >= 0.3 is 0 Å². The summed E-state index contributed by atoms with van der Waals surface area (Å²) in [5.74, 6) is 3.27. The average molecular weight is 621 g/mol. The highest BCUT2D eigenvalue weighted by atomic mass is 16.6. The molecule has 242 valence electrons. The zero-order valence-electron chi connectivity index (χ0n) is 27.7. The van der Waals surface area contributed by atoms with Crippen molar-refractivity contribution in [2.24, 2.45) is 5.92 Å². The van der Waals surface area contributed by atoms with Gasteiger partial charge in [-0.25, -0.2) is 0 Å². The molecule has 0 bridgehead atoms. The molecule has 2 fully saturated rings. The molecule has 2 aliphatic rings. The van der Waals surface area contributed by atoms with E-state index in [0.29, 0.717) is 12.4 Å². The molecule has 0 amide bonds. The highest BCUT2D eigenvalue weighted by Crippen LogP contribution is 2.36. The average Bonchev–Trinajstić information content (AvgIpc) is 4.01. The van der Waals surface area contributed by atoms with Crippen LogP contribution in [0, 0.1) is 5.92 Å². The molecule has 0 radical (unpaired) electrons. The first-order valence-corrected chi connectivity index (χ1v) is 16.8. The molecular weight excluding hydrogens is 572 g/mol. The molecule has 4 aromatic rings. The molecule has 0 aromatic heterocycles. The molecule has 4 aromatic carbocycles. The smallest absolute Gasteiger partial charge is 0.122 e. The summed E-state index contributed by atoms with van der Waals surface area (Å²) in [6.45, 7) is 10.6. The lowest BCUT2D eigenvalue weighted by Crippen LogP contribution is -2.25. The predicted molar refractivity (Wildman–Crippen MR) is 183 cm³/mol. The van der Waals surface area contributed by atoms with Crippen LogP contribution in [0.5, 0.6) is 17.2 Å². The van der Waals surface area contributed by atoms with Crippen molar-refractivity contribution in [3.05, 3.63) is 125 Å². The Hall–Kier alpha value is -3.80. The van der Waals surface area contributed by atoms with Gasteiger partial charge < -0.3 is 24.1 Å². The van der Waals surface area contributed by atoms with E-state index < -0.39 is 6.10 Å². The Bertz CT molecular complexity index is 1410. The molecule has 5 heteroatoms. The molecule has 6 rings (SSSR count). The lowest BCUT2D eigenvalue weighted by atomic mass is 9.78. The monoisotopic (exact) mass is 620 g/mol. The Labute approximate surface area is 274 Å². The van der Waals surface area contributed by atoms with Gasteiger partial charge in [0, 0.05) is 10.8 Å². The summed E-state index contributed by atoms with van der Waals surface area (Å²) >= 11 is 0. The minimum Gasteiger partial charge on any atom is -0.491 e. The lowest BCUT2D eigenvalue weighted by Gasteiger charge is -2.27. The first-order chi connectivity index (χ1) is 22.2. The fraction of sp³-hybridized carbons (Fsp3) is 0.415. The van der Waals surface area contributed by atoms with Crippen LogP contribution >= 0.6 is 0 Å². The van der Waals surface area contributed by atoms with E-state index in [1.165, 1.54) is 53.5 Å². The van der Waals surface area contributed by atoms with Crippen molar-refractivity contribution in [3.8, 4) is 17.2 Å². The largest absolute Gasteiger partial charge is 0.491 e. The second-order valence-corrected chi connectivity index (χ2v) is 14.0. The summed E-state index contributed by atoms with van der Waals surface area (Å²) in [6, 6.07) is 33.7. The molecule has 1 aliphatic carbocycles. The third-order valence-electron chi connectivity index (χ3n) is 9.66. The molecule has 2 unspecified atom stereocenters. The normalized spacial score (nSPS) is 16.9. The summed E-state index contributed by atoms with van der Waals surface area (Å²) < 4.78 is 22.8. The molecular formula is C41H48O5. The van der Waals surface area contributed by atoms with E-state index >= 15 is 0 Å². The minimum atomic E-state index is -0.752. The van der Waals surface area contributed by atoms with Crippen molar-refractivity contribution in [2.75, 3.05) is 26.4 Å². The molecule has 1 saturated carbocycles. The lowest BCUT2D eigenvalue weighted by molar-refractivity contribution is 0.0626. The molecule has 1 saturated heterocycles. The summed E-state index contributed by atoms with van der Waals surface area (Å²) in [4.78, 5) is 0. The number of rotatable bonds is 16. The van der Waals surface area contributed by atoms with Gasteiger partial charge in [0.1, 0.15) is 49.3 Å². The highest BCUT2D eigenvalue weighted by molar-refractivity contribution is 5.43. The first-order valence-electron chi connectivity index (χ1n) is 16.8. The standard InChI is InChI=1S/C41H48O5/c1-40(2,31-11-9-30(10-12-31)8-7-29-5-6-29)32-13-19-36(20-14-32)43-25-35(42)26-44-37-21-15-33(16-22-37)41(3,4)34-17-23-38(24-18-34)45-27-39-28-46-39/h9-24,29,35,39,42H,5-8,25-28H2,1-4H3. The van der Waals surface area contributed by atoms with E-state index in [1.807, 2.05) is 36.4 Å².